The third kappa shape index (κ3) is 1.78. The summed E-state index contributed by atoms with van der Waals surface area (Å²) in [5, 5.41) is 4.15. The van der Waals surface area contributed by atoms with E-state index >= 15 is 0 Å². The fourth-order valence-corrected chi connectivity index (χ4v) is 1.59. The Hall–Kier alpha value is -0.750. The summed E-state index contributed by atoms with van der Waals surface area (Å²) in [5.41, 5.74) is 0. The summed E-state index contributed by atoms with van der Waals surface area (Å²) in [6.45, 7) is 0. The molecule has 0 saturated carbocycles. The molecule has 66 valence electrons. The van der Waals surface area contributed by atoms with Crippen molar-refractivity contribution in [2.45, 2.75) is 0 Å². The molecule has 2 heterocycles. The number of rotatable bonds is 1. The van der Waals surface area contributed by atoms with Gasteiger partial charge < -0.3 is 0 Å². The Labute approximate surface area is 91.3 Å². The Bertz CT molecular complexity index is 426. The lowest BCUT2D eigenvalue weighted by atomic mass is 10.6. The molecule has 6 heteroatoms. The molecule has 2 aromatic heterocycles. The summed E-state index contributed by atoms with van der Waals surface area (Å²) in [4.78, 5) is 7.95. The van der Waals surface area contributed by atoms with Crippen molar-refractivity contribution >= 4 is 31.9 Å². The summed E-state index contributed by atoms with van der Waals surface area (Å²) < 4.78 is 3.25. The fourth-order valence-electron chi connectivity index (χ4n) is 0.894. The minimum Gasteiger partial charge on any atom is -0.243 e. The lowest BCUT2D eigenvalue weighted by Crippen LogP contribution is -1.99. The molecular formula is C7H4Br2N4. The molecule has 0 aliphatic heterocycles. The van der Waals surface area contributed by atoms with Crippen molar-refractivity contribution in [3.05, 3.63) is 33.9 Å². The van der Waals surface area contributed by atoms with Gasteiger partial charge in [0.2, 0.25) is 0 Å². The summed E-state index contributed by atoms with van der Waals surface area (Å²) >= 11 is 6.60. The lowest BCUT2D eigenvalue weighted by molar-refractivity contribution is 0.825. The molecule has 0 aliphatic rings. The van der Waals surface area contributed by atoms with Gasteiger partial charge in [0.1, 0.15) is 10.9 Å². The molecular weight excluding hydrogens is 300 g/mol. The van der Waals surface area contributed by atoms with Crippen molar-refractivity contribution in [3.8, 4) is 5.82 Å². The largest absolute Gasteiger partial charge is 0.243 e. The minimum absolute atomic E-state index is 0.723. The van der Waals surface area contributed by atoms with E-state index in [-0.39, 0.29) is 0 Å². The number of halogens is 2. The predicted molar refractivity (Wildman–Crippen MR) is 54.6 cm³/mol. The molecule has 2 aromatic rings. The second kappa shape index (κ2) is 3.55. The maximum Gasteiger partial charge on any atom is 0.170 e. The SMILES string of the molecule is Brc1ccn(-c2ncncc2Br)n1. The van der Waals surface area contributed by atoms with Crippen LogP contribution in [0.2, 0.25) is 0 Å². The maximum atomic E-state index is 4.15. The first kappa shape index (κ1) is 8.83. The molecule has 0 radical (unpaired) electrons. The first-order valence-electron chi connectivity index (χ1n) is 3.44. The second-order valence-corrected chi connectivity index (χ2v) is 3.94. The Morgan fingerprint density at radius 1 is 1.31 bits per heavy atom. The predicted octanol–water partition coefficient (Wildman–Crippen LogP) is 2.19. The standard InChI is InChI=1S/C7H4Br2N4/c8-5-3-10-4-11-7(5)13-2-1-6(9)12-13/h1-4H. The number of aromatic nitrogens is 4. The van der Waals surface area contributed by atoms with Gasteiger partial charge in [-0.2, -0.15) is 5.10 Å². The molecule has 0 fully saturated rings. The van der Waals surface area contributed by atoms with Crippen LogP contribution in [-0.2, 0) is 0 Å². The van der Waals surface area contributed by atoms with Crippen LogP contribution in [0, 0.1) is 0 Å². The Balaban J connectivity index is 2.52. The highest BCUT2D eigenvalue weighted by Crippen LogP contribution is 2.17. The van der Waals surface area contributed by atoms with Crippen molar-refractivity contribution in [1.82, 2.24) is 19.7 Å². The van der Waals surface area contributed by atoms with Crippen LogP contribution in [0.15, 0.2) is 33.9 Å². The highest BCUT2D eigenvalue weighted by atomic mass is 79.9. The van der Waals surface area contributed by atoms with Gasteiger partial charge in [-0.05, 0) is 37.9 Å². The van der Waals surface area contributed by atoms with E-state index in [0.29, 0.717) is 0 Å². The molecule has 0 saturated heterocycles. The van der Waals surface area contributed by atoms with Gasteiger partial charge in [0.05, 0.1) is 4.47 Å². The molecule has 0 bridgehead atoms. The fraction of sp³-hybridized carbons (Fsp3) is 0. The molecule has 13 heavy (non-hydrogen) atoms. The molecule has 0 aliphatic carbocycles. The van der Waals surface area contributed by atoms with Crippen LogP contribution in [0.1, 0.15) is 0 Å². The molecule has 0 atom stereocenters. The van der Waals surface area contributed by atoms with E-state index in [9.17, 15) is 0 Å². The molecule has 0 aromatic carbocycles. The topological polar surface area (TPSA) is 43.6 Å². The monoisotopic (exact) mass is 302 g/mol. The zero-order valence-corrected chi connectivity index (χ0v) is 9.53. The van der Waals surface area contributed by atoms with Crippen LogP contribution in [0.4, 0.5) is 0 Å². The molecule has 0 amide bonds. The van der Waals surface area contributed by atoms with Crippen molar-refractivity contribution in [2.24, 2.45) is 0 Å². The quantitative estimate of drug-likeness (QED) is 0.811. The summed E-state index contributed by atoms with van der Waals surface area (Å²) in [6.07, 6.45) is 4.98. The summed E-state index contributed by atoms with van der Waals surface area (Å²) in [6, 6.07) is 1.84. The van der Waals surface area contributed by atoms with Crippen molar-refractivity contribution in [2.75, 3.05) is 0 Å². The van der Waals surface area contributed by atoms with E-state index in [2.05, 4.69) is 46.9 Å². The van der Waals surface area contributed by atoms with E-state index in [1.54, 1.807) is 10.9 Å². The maximum absolute atomic E-state index is 4.15. The first-order chi connectivity index (χ1) is 6.27. The molecule has 2 rings (SSSR count). The number of nitrogens with zero attached hydrogens (tertiary/aromatic N) is 4. The van der Waals surface area contributed by atoms with E-state index < -0.39 is 0 Å². The average Bonchev–Trinajstić information content (AvgIpc) is 2.53. The van der Waals surface area contributed by atoms with Crippen LogP contribution in [-0.4, -0.2) is 19.7 Å². The summed E-state index contributed by atoms with van der Waals surface area (Å²) in [7, 11) is 0. The van der Waals surface area contributed by atoms with E-state index in [4.69, 9.17) is 0 Å². The van der Waals surface area contributed by atoms with Crippen molar-refractivity contribution in [3.63, 3.8) is 0 Å². The normalized spacial score (nSPS) is 10.3. The highest BCUT2D eigenvalue weighted by Gasteiger charge is 2.04. The number of hydrogen-bond donors (Lipinski definition) is 0. The Morgan fingerprint density at radius 3 is 2.77 bits per heavy atom. The van der Waals surface area contributed by atoms with Gasteiger partial charge in [0.25, 0.3) is 0 Å². The van der Waals surface area contributed by atoms with Crippen LogP contribution in [0.5, 0.6) is 0 Å². The van der Waals surface area contributed by atoms with Crippen molar-refractivity contribution in [1.29, 1.82) is 0 Å². The van der Waals surface area contributed by atoms with Gasteiger partial charge in [-0.3, -0.25) is 0 Å². The minimum atomic E-state index is 0.723. The van der Waals surface area contributed by atoms with Gasteiger partial charge >= 0.3 is 0 Å². The first-order valence-corrected chi connectivity index (χ1v) is 5.03. The van der Waals surface area contributed by atoms with Gasteiger partial charge in [-0.1, -0.05) is 0 Å². The average molecular weight is 304 g/mol. The number of hydrogen-bond acceptors (Lipinski definition) is 3. The van der Waals surface area contributed by atoms with E-state index in [0.717, 1.165) is 14.9 Å². The van der Waals surface area contributed by atoms with Crippen LogP contribution >= 0.6 is 31.9 Å². The zero-order chi connectivity index (χ0) is 9.26. The second-order valence-electron chi connectivity index (χ2n) is 2.28. The third-order valence-electron chi connectivity index (χ3n) is 1.42. The highest BCUT2D eigenvalue weighted by molar-refractivity contribution is 9.10. The third-order valence-corrected chi connectivity index (χ3v) is 2.40. The van der Waals surface area contributed by atoms with Crippen LogP contribution in [0.3, 0.4) is 0 Å². The van der Waals surface area contributed by atoms with Gasteiger partial charge in [-0.15, -0.1) is 0 Å². The van der Waals surface area contributed by atoms with Crippen molar-refractivity contribution < 1.29 is 0 Å². The molecule has 0 spiro atoms. The zero-order valence-electron chi connectivity index (χ0n) is 6.35. The smallest absolute Gasteiger partial charge is 0.170 e. The Kier molecular flexibility index (Phi) is 2.41. The molecule has 0 N–H and O–H groups in total. The Morgan fingerprint density at radius 2 is 2.15 bits per heavy atom. The lowest BCUT2D eigenvalue weighted by Gasteiger charge is -2.00. The van der Waals surface area contributed by atoms with Crippen LogP contribution in [0.25, 0.3) is 5.82 Å². The van der Waals surface area contributed by atoms with E-state index in [1.807, 2.05) is 12.3 Å². The van der Waals surface area contributed by atoms with Gasteiger partial charge in [0, 0.05) is 12.4 Å². The van der Waals surface area contributed by atoms with Gasteiger partial charge in [0.15, 0.2) is 5.82 Å². The molecule has 0 unspecified atom stereocenters. The van der Waals surface area contributed by atoms with E-state index in [1.165, 1.54) is 6.33 Å². The summed E-state index contributed by atoms with van der Waals surface area (Å²) in [5.74, 6) is 0.723. The van der Waals surface area contributed by atoms with Crippen LogP contribution < -0.4 is 0 Å². The molecule has 4 nitrogen and oxygen atoms in total. The van der Waals surface area contributed by atoms with Gasteiger partial charge in [-0.25, -0.2) is 14.6 Å².